The van der Waals surface area contributed by atoms with Crippen LogP contribution in [-0.4, -0.2) is 5.78 Å². The molecule has 0 aromatic carbocycles. The van der Waals surface area contributed by atoms with Gasteiger partial charge < -0.3 is 0 Å². The molecule has 4 aliphatic rings. The van der Waals surface area contributed by atoms with E-state index in [1.165, 1.54) is 51.4 Å². The Kier molecular flexibility index (Phi) is 3.37. The Morgan fingerprint density at radius 1 is 0.955 bits per heavy atom. The smallest absolute Gasteiger partial charge is 0.133 e. The summed E-state index contributed by atoms with van der Waals surface area (Å²) in [4.78, 5) is 12.1. The molecule has 0 aromatic heterocycles. The summed E-state index contributed by atoms with van der Waals surface area (Å²) in [6.45, 7) is 6.90. The highest BCUT2D eigenvalue weighted by Gasteiger charge is 2.59. The molecule has 0 aromatic rings. The van der Waals surface area contributed by atoms with E-state index in [1.54, 1.807) is 0 Å². The predicted octanol–water partition coefficient (Wildman–Crippen LogP) is 5.40. The number of carbonyl (C=O) groups excluding carboxylic acids is 1. The first-order valence-electron chi connectivity index (χ1n) is 9.62. The molecular formula is C21H32O. The van der Waals surface area contributed by atoms with Crippen molar-refractivity contribution in [1.82, 2.24) is 0 Å². The van der Waals surface area contributed by atoms with Crippen molar-refractivity contribution in [2.24, 2.45) is 40.4 Å². The van der Waals surface area contributed by atoms with Crippen LogP contribution < -0.4 is 0 Å². The van der Waals surface area contributed by atoms with Crippen LogP contribution in [0.4, 0.5) is 0 Å². The van der Waals surface area contributed by atoms with Gasteiger partial charge in [0.1, 0.15) is 5.78 Å². The third-order valence-electron chi connectivity index (χ3n) is 8.70. The fraction of sp³-hybridized carbons (Fsp3) is 0.857. The lowest BCUT2D eigenvalue weighted by atomic mass is 9.45. The minimum absolute atomic E-state index is 0.320. The van der Waals surface area contributed by atoms with Gasteiger partial charge in [0.2, 0.25) is 0 Å². The average Bonchev–Trinajstić information content (AvgIpc) is 2.84. The van der Waals surface area contributed by atoms with Crippen molar-refractivity contribution in [1.29, 1.82) is 0 Å². The number of hydrogen-bond acceptors (Lipinski definition) is 1. The number of allylic oxidation sites excluding steroid dienone is 2. The van der Waals surface area contributed by atoms with Crippen LogP contribution in [-0.2, 0) is 4.79 Å². The lowest BCUT2D eigenvalue weighted by Gasteiger charge is -2.59. The summed E-state index contributed by atoms with van der Waals surface area (Å²) in [6.07, 6.45) is 15.5. The number of fused-ring (bicyclic) bond motifs is 5. The Hall–Kier alpha value is -0.590. The fourth-order valence-corrected chi connectivity index (χ4v) is 7.51. The number of ketones is 1. The van der Waals surface area contributed by atoms with E-state index in [4.69, 9.17) is 0 Å². The van der Waals surface area contributed by atoms with Crippen LogP contribution in [0.5, 0.6) is 0 Å². The van der Waals surface area contributed by atoms with Gasteiger partial charge in [-0.1, -0.05) is 26.0 Å². The van der Waals surface area contributed by atoms with E-state index in [1.807, 2.05) is 6.92 Å². The van der Waals surface area contributed by atoms with Crippen LogP contribution in [0, 0.1) is 40.4 Å². The minimum atomic E-state index is 0.320. The molecule has 0 amide bonds. The number of rotatable bonds is 1. The number of carbonyl (C=O) groups is 1. The standard InChI is InChI=1S/C21H32O/c1-14(22)17-9-10-18-16-8-7-15-6-4-5-12-20(15,2)19(16)11-13-21(17,18)3/h4-5,15-19H,6-13H2,1-3H3/t15?,16-,17+,18?,19?,20-,21+/m0/s1. The molecular weight excluding hydrogens is 268 g/mol. The minimum Gasteiger partial charge on any atom is -0.300 e. The highest BCUT2D eigenvalue weighted by Crippen LogP contribution is 2.66. The molecule has 0 aliphatic heterocycles. The molecule has 122 valence electrons. The van der Waals surface area contributed by atoms with Crippen molar-refractivity contribution in [3.63, 3.8) is 0 Å². The van der Waals surface area contributed by atoms with Crippen LogP contribution in [0.15, 0.2) is 12.2 Å². The Bertz CT molecular complexity index is 506. The summed E-state index contributed by atoms with van der Waals surface area (Å²) < 4.78 is 0. The Morgan fingerprint density at radius 2 is 1.73 bits per heavy atom. The van der Waals surface area contributed by atoms with E-state index in [-0.39, 0.29) is 0 Å². The molecule has 0 heterocycles. The molecule has 0 bridgehead atoms. The van der Waals surface area contributed by atoms with Crippen molar-refractivity contribution in [3.05, 3.63) is 12.2 Å². The van der Waals surface area contributed by atoms with Crippen molar-refractivity contribution < 1.29 is 4.79 Å². The van der Waals surface area contributed by atoms with E-state index in [2.05, 4.69) is 26.0 Å². The molecule has 0 spiro atoms. The summed E-state index contributed by atoms with van der Waals surface area (Å²) in [5, 5.41) is 0. The molecule has 3 unspecified atom stereocenters. The van der Waals surface area contributed by atoms with Gasteiger partial charge in [0.05, 0.1) is 0 Å². The Morgan fingerprint density at radius 3 is 2.50 bits per heavy atom. The zero-order valence-electron chi connectivity index (χ0n) is 14.6. The van der Waals surface area contributed by atoms with E-state index >= 15 is 0 Å². The zero-order valence-corrected chi connectivity index (χ0v) is 14.6. The molecule has 0 radical (unpaired) electrons. The van der Waals surface area contributed by atoms with Gasteiger partial charge in [0.25, 0.3) is 0 Å². The molecule has 4 aliphatic carbocycles. The van der Waals surface area contributed by atoms with Gasteiger partial charge in [-0.3, -0.25) is 4.79 Å². The SMILES string of the molecule is CC(=O)[C@H]1CCC2[C@@H]3CCC4CC=CC[C@]4(C)C3CC[C@@]21C. The maximum atomic E-state index is 12.1. The molecule has 4 rings (SSSR count). The molecule has 3 fully saturated rings. The van der Waals surface area contributed by atoms with Gasteiger partial charge in [-0.05, 0) is 92.8 Å². The second-order valence-electron chi connectivity index (χ2n) is 9.35. The Balaban J connectivity index is 1.65. The van der Waals surface area contributed by atoms with Gasteiger partial charge in [-0.15, -0.1) is 0 Å². The molecule has 0 saturated heterocycles. The second-order valence-corrected chi connectivity index (χ2v) is 9.35. The zero-order chi connectivity index (χ0) is 15.5. The normalized spacial score (nSPS) is 53.5. The molecule has 22 heavy (non-hydrogen) atoms. The molecule has 0 N–H and O–H groups in total. The maximum Gasteiger partial charge on any atom is 0.133 e. The summed E-state index contributed by atoms with van der Waals surface area (Å²) >= 11 is 0. The van der Waals surface area contributed by atoms with Gasteiger partial charge in [0, 0.05) is 5.92 Å². The molecule has 3 saturated carbocycles. The average molecular weight is 300 g/mol. The summed E-state index contributed by atoms with van der Waals surface area (Å²) in [7, 11) is 0. The lowest BCUT2D eigenvalue weighted by Crippen LogP contribution is -2.52. The summed E-state index contributed by atoms with van der Waals surface area (Å²) in [6, 6.07) is 0. The lowest BCUT2D eigenvalue weighted by molar-refractivity contribution is -0.131. The van der Waals surface area contributed by atoms with E-state index in [0.717, 1.165) is 23.7 Å². The van der Waals surface area contributed by atoms with Crippen LogP contribution >= 0.6 is 0 Å². The maximum absolute atomic E-state index is 12.1. The van der Waals surface area contributed by atoms with E-state index in [9.17, 15) is 4.79 Å². The summed E-state index contributed by atoms with van der Waals surface area (Å²) in [5.41, 5.74) is 0.869. The summed E-state index contributed by atoms with van der Waals surface area (Å²) in [5.74, 6) is 4.38. The van der Waals surface area contributed by atoms with Crippen molar-refractivity contribution in [2.45, 2.75) is 72.1 Å². The fourth-order valence-electron chi connectivity index (χ4n) is 7.51. The highest BCUT2D eigenvalue weighted by atomic mass is 16.1. The molecule has 1 nitrogen and oxygen atoms in total. The van der Waals surface area contributed by atoms with Crippen LogP contribution in [0.25, 0.3) is 0 Å². The first-order valence-corrected chi connectivity index (χ1v) is 9.62. The predicted molar refractivity (Wildman–Crippen MR) is 90.4 cm³/mol. The number of Topliss-reactive ketones (excluding diaryl/α,β-unsaturated/α-hetero) is 1. The molecule has 7 atom stereocenters. The third-order valence-corrected chi connectivity index (χ3v) is 8.70. The largest absolute Gasteiger partial charge is 0.300 e. The highest BCUT2D eigenvalue weighted by molar-refractivity contribution is 5.79. The van der Waals surface area contributed by atoms with Crippen LogP contribution in [0.3, 0.4) is 0 Å². The Labute approximate surface area is 135 Å². The van der Waals surface area contributed by atoms with Gasteiger partial charge >= 0.3 is 0 Å². The van der Waals surface area contributed by atoms with Crippen LogP contribution in [0.2, 0.25) is 0 Å². The van der Waals surface area contributed by atoms with E-state index in [0.29, 0.717) is 22.5 Å². The van der Waals surface area contributed by atoms with E-state index < -0.39 is 0 Å². The third kappa shape index (κ3) is 1.86. The first kappa shape index (κ1) is 15.0. The van der Waals surface area contributed by atoms with Gasteiger partial charge in [0.15, 0.2) is 0 Å². The number of hydrogen-bond donors (Lipinski definition) is 0. The van der Waals surface area contributed by atoms with Crippen molar-refractivity contribution in [3.8, 4) is 0 Å². The first-order chi connectivity index (χ1) is 10.5. The van der Waals surface area contributed by atoms with Crippen molar-refractivity contribution in [2.75, 3.05) is 0 Å². The van der Waals surface area contributed by atoms with Crippen LogP contribution in [0.1, 0.15) is 72.1 Å². The van der Waals surface area contributed by atoms with Gasteiger partial charge in [-0.2, -0.15) is 0 Å². The monoisotopic (exact) mass is 300 g/mol. The second kappa shape index (κ2) is 4.95. The van der Waals surface area contributed by atoms with Gasteiger partial charge in [-0.25, -0.2) is 0 Å². The molecule has 1 heteroatoms. The quantitative estimate of drug-likeness (QED) is 0.592. The van der Waals surface area contributed by atoms with Crippen molar-refractivity contribution >= 4 is 5.78 Å². The topological polar surface area (TPSA) is 17.1 Å².